The maximum Gasteiger partial charge on any atom is 0.309 e. The van der Waals surface area contributed by atoms with Crippen LogP contribution in [0.25, 0.3) is 5.65 Å². The molecule has 0 saturated carbocycles. The lowest BCUT2D eigenvalue weighted by Crippen LogP contribution is -2.38. The van der Waals surface area contributed by atoms with E-state index in [2.05, 4.69) is 37.7 Å². The lowest BCUT2D eigenvalue weighted by atomic mass is 9.95. The molecule has 1 fully saturated rings. The molecule has 8 nitrogen and oxygen atoms in total. The minimum Gasteiger partial charge on any atom is -0.465 e. The second-order valence-electron chi connectivity index (χ2n) is 6.76. The second-order valence-corrected chi connectivity index (χ2v) is 6.76. The predicted octanol–water partition coefficient (Wildman–Crippen LogP) is 1.64. The number of nitrogens with zero attached hydrogens (tertiary/aromatic N) is 6. The average molecular weight is 342 g/mol. The first-order valence-corrected chi connectivity index (χ1v) is 8.91. The quantitative estimate of drug-likeness (QED) is 0.616. The van der Waals surface area contributed by atoms with Crippen LogP contribution in [0.5, 0.6) is 0 Å². The number of anilines is 1. The van der Waals surface area contributed by atoms with E-state index in [0.29, 0.717) is 18.2 Å². The summed E-state index contributed by atoms with van der Waals surface area (Å²) in [6, 6.07) is 3.77. The molecule has 132 valence electrons. The van der Waals surface area contributed by atoms with Crippen LogP contribution in [0, 0.1) is 11.8 Å². The standard InChI is InChI=1S/C17H22N6O2/c24-17(25-12-13-4-2-1-3-5-13)14-8-10-22(11-9-14)16-7-6-15-18-20-21-23(15)19-16/h1-2,6-7,13-14H,3-5,8-12H2. The van der Waals surface area contributed by atoms with Gasteiger partial charge in [-0.1, -0.05) is 12.2 Å². The van der Waals surface area contributed by atoms with E-state index in [1.54, 1.807) is 0 Å². The normalized spacial score (nSPS) is 21.6. The highest BCUT2D eigenvalue weighted by molar-refractivity contribution is 5.72. The van der Waals surface area contributed by atoms with Crippen molar-refractivity contribution in [2.45, 2.75) is 32.1 Å². The number of hydrogen-bond donors (Lipinski definition) is 0. The van der Waals surface area contributed by atoms with Crippen molar-refractivity contribution in [1.29, 1.82) is 0 Å². The van der Waals surface area contributed by atoms with E-state index in [9.17, 15) is 4.79 Å². The van der Waals surface area contributed by atoms with E-state index in [1.165, 1.54) is 4.63 Å². The van der Waals surface area contributed by atoms with E-state index in [-0.39, 0.29) is 11.9 Å². The molecule has 2 aromatic rings. The molecular weight excluding hydrogens is 320 g/mol. The third-order valence-corrected chi connectivity index (χ3v) is 5.05. The Hall–Kier alpha value is -2.51. The summed E-state index contributed by atoms with van der Waals surface area (Å²) in [4.78, 5) is 14.5. The minimum atomic E-state index is -0.0434. The zero-order valence-electron chi connectivity index (χ0n) is 14.1. The molecule has 4 rings (SSSR count). The summed E-state index contributed by atoms with van der Waals surface area (Å²) < 4.78 is 7.00. The van der Waals surface area contributed by atoms with Crippen molar-refractivity contribution in [2.24, 2.45) is 11.8 Å². The topological polar surface area (TPSA) is 85.5 Å². The monoisotopic (exact) mass is 342 g/mol. The third kappa shape index (κ3) is 3.62. The molecule has 0 N–H and O–H groups in total. The Kier molecular flexibility index (Phi) is 4.58. The minimum absolute atomic E-state index is 0.00727. The largest absolute Gasteiger partial charge is 0.465 e. The highest BCUT2D eigenvalue weighted by Gasteiger charge is 2.27. The lowest BCUT2D eigenvalue weighted by molar-refractivity contribution is -0.150. The molecule has 8 heteroatoms. The average Bonchev–Trinajstić information content (AvgIpc) is 3.15. The van der Waals surface area contributed by atoms with Crippen LogP contribution in [0.1, 0.15) is 32.1 Å². The zero-order chi connectivity index (χ0) is 17.1. The molecule has 1 atom stereocenters. The Morgan fingerprint density at radius 3 is 2.88 bits per heavy atom. The molecule has 2 aliphatic rings. The van der Waals surface area contributed by atoms with Crippen LogP contribution in [0.3, 0.4) is 0 Å². The number of carbonyl (C=O) groups excluding carboxylic acids is 1. The Balaban J connectivity index is 1.28. The fourth-order valence-electron chi connectivity index (χ4n) is 3.48. The number of aromatic nitrogens is 5. The first kappa shape index (κ1) is 16.0. The van der Waals surface area contributed by atoms with Gasteiger partial charge in [0.15, 0.2) is 11.5 Å². The van der Waals surface area contributed by atoms with Crippen molar-refractivity contribution in [3.8, 4) is 0 Å². The fourth-order valence-corrected chi connectivity index (χ4v) is 3.48. The Morgan fingerprint density at radius 1 is 1.20 bits per heavy atom. The number of hydrogen-bond acceptors (Lipinski definition) is 7. The van der Waals surface area contributed by atoms with E-state index in [0.717, 1.165) is 51.0 Å². The molecule has 0 aromatic carbocycles. The summed E-state index contributed by atoms with van der Waals surface area (Å²) in [5, 5.41) is 15.7. The molecule has 1 unspecified atom stereocenters. The smallest absolute Gasteiger partial charge is 0.309 e. The number of piperidine rings is 1. The van der Waals surface area contributed by atoms with Gasteiger partial charge in [0.1, 0.15) is 0 Å². The van der Waals surface area contributed by atoms with Crippen LogP contribution in [0.4, 0.5) is 5.82 Å². The van der Waals surface area contributed by atoms with Crippen LogP contribution < -0.4 is 4.90 Å². The van der Waals surface area contributed by atoms with E-state index in [1.807, 2.05) is 12.1 Å². The first-order valence-electron chi connectivity index (χ1n) is 8.91. The fraction of sp³-hybridized carbons (Fsp3) is 0.588. The van der Waals surface area contributed by atoms with Gasteiger partial charge in [-0.3, -0.25) is 4.79 Å². The van der Waals surface area contributed by atoms with Crippen LogP contribution >= 0.6 is 0 Å². The molecule has 1 aliphatic heterocycles. The maximum absolute atomic E-state index is 12.3. The molecule has 3 heterocycles. The molecular formula is C17H22N6O2. The number of rotatable bonds is 4. The molecule has 25 heavy (non-hydrogen) atoms. The number of esters is 1. The van der Waals surface area contributed by atoms with Gasteiger partial charge in [0.05, 0.1) is 12.5 Å². The Labute approximate surface area is 145 Å². The predicted molar refractivity (Wildman–Crippen MR) is 91.0 cm³/mol. The summed E-state index contributed by atoms with van der Waals surface area (Å²) in [7, 11) is 0. The van der Waals surface area contributed by atoms with Gasteiger partial charge in [0.25, 0.3) is 0 Å². The molecule has 2 aromatic heterocycles. The van der Waals surface area contributed by atoms with Crippen molar-refractivity contribution >= 4 is 17.4 Å². The van der Waals surface area contributed by atoms with Crippen LogP contribution in [-0.4, -0.2) is 50.9 Å². The number of allylic oxidation sites excluding steroid dienone is 2. The van der Waals surface area contributed by atoms with E-state index >= 15 is 0 Å². The molecule has 0 bridgehead atoms. The van der Waals surface area contributed by atoms with Crippen molar-refractivity contribution in [3.05, 3.63) is 24.3 Å². The van der Waals surface area contributed by atoms with E-state index < -0.39 is 0 Å². The van der Waals surface area contributed by atoms with Crippen molar-refractivity contribution in [1.82, 2.24) is 25.3 Å². The van der Waals surface area contributed by atoms with Gasteiger partial charge in [-0.2, -0.15) is 0 Å². The van der Waals surface area contributed by atoms with Gasteiger partial charge in [0, 0.05) is 13.1 Å². The van der Waals surface area contributed by atoms with Crippen LogP contribution in [0.2, 0.25) is 0 Å². The summed E-state index contributed by atoms with van der Waals surface area (Å²) in [6.45, 7) is 2.13. The molecule has 0 amide bonds. The first-order chi connectivity index (χ1) is 12.3. The zero-order valence-corrected chi connectivity index (χ0v) is 14.1. The van der Waals surface area contributed by atoms with Gasteiger partial charge in [0.2, 0.25) is 0 Å². The third-order valence-electron chi connectivity index (χ3n) is 5.05. The SMILES string of the molecule is O=C(OCC1CC=CCC1)C1CCN(c2ccc3nnnn3n2)CC1. The van der Waals surface area contributed by atoms with Gasteiger partial charge >= 0.3 is 5.97 Å². The summed E-state index contributed by atoms with van der Waals surface area (Å²) in [6.07, 6.45) is 9.21. The number of ether oxygens (including phenoxy) is 1. The lowest BCUT2D eigenvalue weighted by Gasteiger charge is -2.31. The highest BCUT2D eigenvalue weighted by atomic mass is 16.5. The summed E-state index contributed by atoms with van der Waals surface area (Å²) >= 11 is 0. The summed E-state index contributed by atoms with van der Waals surface area (Å²) in [5.74, 6) is 1.27. The molecule has 0 spiro atoms. The van der Waals surface area contributed by atoms with Crippen LogP contribution in [0.15, 0.2) is 24.3 Å². The van der Waals surface area contributed by atoms with Crippen molar-refractivity contribution in [2.75, 3.05) is 24.6 Å². The second kappa shape index (κ2) is 7.16. The van der Waals surface area contributed by atoms with E-state index in [4.69, 9.17) is 4.74 Å². The number of fused-ring (bicyclic) bond motifs is 1. The maximum atomic E-state index is 12.3. The van der Waals surface area contributed by atoms with Crippen LogP contribution in [-0.2, 0) is 9.53 Å². The molecule has 0 radical (unpaired) electrons. The number of carbonyl (C=O) groups is 1. The Bertz CT molecular complexity index is 765. The van der Waals surface area contributed by atoms with Crippen molar-refractivity contribution < 1.29 is 9.53 Å². The summed E-state index contributed by atoms with van der Waals surface area (Å²) in [5.41, 5.74) is 0.625. The number of tetrazole rings is 1. The van der Waals surface area contributed by atoms with Gasteiger partial charge < -0.3 is 9.64 Å². The Morgan fingerprint density at radius 2 is 2.08 bits per heavy atom. The van der Waals surface area contributed by atoms with Gasteiger partial charge in [-0.15, -0.1) is 14.8 Å². The highest BCUT2D eigenvalue weighted by Crippen LogP contribution is 2.24. The van der Waals surface area contributed by atoms with Crippen molar-refractivity contribution in [3.63, 3.8) is 0 Å². The molecule has 1 aliphatic carbocycles. The van der Waals surface area contributed by atoms with Gasteiger partial charge in [-0.25, -0.2) is 0 Å². The molecule has 1 saturated heterocycles. The van der Waals surface area contributed by atoms with Gasteiger partial charge in [-0.05, 0) is 60.6 Å².